The largest absolute Gasteiger partial charge is 0.481 e. The number of nitrogens with zero attached hydrogens (tertiary/aromatic N) is 1. The number of nitrogens with one attached hydrogen (secondary N) is 1. The fraction of sp³-hybridized carbons (Fsp3) is 0.385. The van der Waals surface area contributed by atoms with Gasteiger partial charge in [0.2, 0.25) is 0 Å². The van der Waals surface area contributed by atoms with Crippen molar-refractivity contribution in [3.8, 4) is 0 Å². The van der Waals surface area contributed by atoms with Crippen molar-refractivity contribution in [1.82, 2.24) is 10.2 Å². The van der Waals surface area contributed by atoms with E-state index in [1.165, 1.54) is 0 Å². The maximum absolute atomic E-state index is 12.2. The van der Waals surface area contributed by atoms with Crippen molar-refractivity contribution in [3.63, 3.8) is 0 Å². The zero-order valence-corrected chi connectivity index (χ0v) is 9.80. The Hall–Kier alpha value is -1.88. The molecule has 2 atom stereocenters. The lowest BCUT2D eigenvalue weighted by Gasteiger charge is -2.37. The highest BCUT2D eigenvalue weighted by Crippen LogP contribution is 2.37. The van der Waals surface area contributed by atoms with Crippen LogP contribution in [0, 0.1) is 0 Å². The number of benzene rings is 1. The Bertz CT molecular complexity index is 515. The molecule has 1 saturated heterocycles. The SMILES string of the molecule is O=C(O)CC1NCCN2C(=O)c3ccccc3C12. The Morgan fingerprint density at radius 3 is 3.00 bits per heavy atom. The molecule has 1 amide bonds. The molecule has 2 N–H and O–H groups in total. The minimum atomic E-state index is -0.841. The average molecular weight is 246 g/mol. The summed E-state index contributed by atoms with van der Waals surface area (Å²) in [5, 5.41) is 12.2. The lowest BCUT2D eigenvalue weighted by atomic mass is 9.95. The average Bonchev–Trinajstić information content (AvgIpc) is 2.65. The van der Waals surface area contributed by atoms with E-state index in [1.54, 1.807) is 4.90 Å². The fourth-order valence-corrected chi connectivity index (χ4v) is 2.93. The number of hydrogen-bond donors (Lipinski definition) is 2. The number of piperazine rings is 1. The van der Waals surface area contributed by atoms with Crippen molar-refractivity contribution < 1.29 is 14.7 Å². The van der Waals surface area contributed by atoms with Gasteiger partial charge >= 0.3 is 5.97 Å². The molecule has 3 rings (SSSR count). The molecule has 18 heavy (non-hydrogen) atoms. The standard InChI is InChI=1S/C13H14N2O3/c16-11(17)7-10-12-8-3-1-2-4-9(8)13(18)15(12)6-5-14-10/h1-4,10,12,14H,5-7H2,(H,16,17). The van der Waals surface area contributed by atoms with Crippen LogP contribution in [-0.4, -0.2) is 41.0 Å². The van der Waals surface area contributed by atoms with Crippen molar-refractivity contribution in [3.05, 3.63) is 35.4 Å². The van der Waals surface area contributed by atoms with E-state index in [4.69, 9.17) is 5.11 Å². The number of hydrogen-bond acceptors (Lipinski definition) is 3. The van der Waals surface area contributed by atoms with Gasteiger partial charge in [0, 0.05) is 24.7 Å². The van der Waals surface area contributed by atoms with Crippen LogP contribution in [0.2, 0.25) is 0 Å². The van der Waals surface area contributed by atoms with Gasteiger partial charge in [0.25, 0.3) is 5.91 Å². The van der Waals surface area contributed by atoms with Gasteiger partial charge < -0.3 is 15.3 Å². The maximum Gasteiger partial charge on any atom is 0.305 e. The van der Waals surface area contributed by atoms with E-state index in [2.05, 4.69) is 5.32 Å². The van der Waals surface area contributed by atoms with E-state index in [9.17, 15) is 9.59 Å². The Morgan fingerprint density at radius 1 is 1.44 bits per heavy atom. The molecule has 0 saturated carbocycles. The predicted octanol–water partition coefficient (Wildman–Crippen LogP) is 0.630. The first-order valence-corrected chi connectivity index (χ1v) is 6.03. The molecule has 1 aromatic carbocycles. The summed E-state index contributed by atoms with van der Waals surface area (Å²) in [5.74, 6) is -0.821. The van der Waals surface area contributed by atoms with Gasteiger partial charge in [0.15, 0.2) is 0 Å². The van der Waals surface area contributed by atoms with Crippen molar-refractivity contribution in [2.45, 2.75) is 18.5 Å². The minimum absolute atomic E-state index is 0.0208. The quantitative estimate of drug-likeness (QED) is 0.803. The Morgan fingerprint density at radius 2 is 2.22 bits per heavy atom. The number of carbonyl (C=O) groups excluding carboxylic acids is 1. The molecule has 94 valence electrons. The first-order valence-electron chi connectivity index (χ1n) is 6.03. The predicted molar refractivity (Wildman–Crippen MR) is 64.3 cm³/mol. The second-order valence-electron chi connectivity index (χ2n) is 4.69. The Kier molecular flexibility index (Phi) is 2.56. The van der Waals surface area contributed by atoms with Gasteiger partial charge in [0.05, 0.1) is 12.5 Å². The molecule has 2 aliphatic rings. The van der Waals surface area contributed by atoms with Gasteiger partial charge in [-0.1, -0.05) is 18.2 Å². The van der Waals surface area contributed by atoms with Gasteiger partial charge in [-0.2, -0.15) is 0 Å². The summed E-state index contributed by atoms with van der Waals surface area (Å²) >= 11 is 0. The third kappa shape index (κ3) is 1.59. The minimum Gasteiger partial charge on any atom is -0.481 e. The molecule has 5 nitrogen and oxygen atoms in total. The van der Waals surface area contributed by atoms with Gasteiger partial charge in [-0.05, 0) is 11.6 Å². The zero-order valence-electron chi connectivity index (χ0n) is 9.80. The number of amides is 1. The summed E-state index contributed by atoms with van der Waals surface area (Å²) in [6, 6.07) is 7.12. The number of carboxylic acid groups (broad SMARTS) is 1. The van der Waals surface area contributed by atoms with Crippen LogP contribution in [0.15, 0.2) is 24.3 Å². The van der Waals surface area contributed by atoms with Crippen LogP contribution >= 0.6 is 0 Å². The third-order valence-electron chi connectivity index (χ3n) is 3.64. The molecule has 2 aliphatic heterocycles. The molecule has 2 unspecified atom stereocenters. The molecular weight excluding hydrogens is 232 g/mol. The van der Waals surface area contributed by atoms with Crippen LogP contribution < -0.4 is 5.32 Å². The van der Waals surface area contributed by atoms with E-state index in [1.807, 2.05) is 24.3 Å². The van der Waals surface area contributed by atoms with Gasteiger partial charge in [0.1, 0.15) is 0 Å². The second kappa shape index (κ2) is 4.10. The lowest BCUT2D eigenvalue weighted by molar-refractivity contribution is -0.138. The molecule has 0 radical (unpaired) electrons. The molecular formula is C13H14N2O3. The van der Waals surface area contributed by atoms with E-state index >= 15 is 0 Å². The Labute approximate surface area is 104 Å². The molecule has 2 heterocycles. The number of aliphatic carboxylic acids is 1. The Balaban J connectivity index is 2.00. The van der Waals surface area contributed by atoms with Crippen molar-refractivity contribution >= 4 is 11.9 Å². The highest BCUT2D eigenvalue weighted by molar-refractivity contribution is 5.99. The summed E-state index contributed by atoms with van der Waals surface area (Å²) in [4.78, 5) is 24.9. The van der Waals surface area contributed by atoms with Crippen LogP contribution in [0.5, 0.6) is 0 Å². The van der Waals surface area contributed by atoms with Crippen LogP contribution in [-0.2, 0) is 4.79 Å². The summed E-state index contributed by atoms with van der Waals surface area (Å²) in [6.45, 7) is 1.28. The van der Waals surface area contributed by atoms with Gasteiger partial charge in [-0.3, -0.25) is 9.59 Å². The maximum atomic E-state index is 12.2. The molecule has 1 aromatic rings. The molecule has 0 aliphatic carbocycles. The summed E-state index contributed by atoms with van der Waals surface area (Å²) < 4.78 is 0. The topological polar surface area (TPSA) is 69.6 Å². The fourth-order valence-electron chi connectivity index (χ4n) is 2.93. The molecule has 1 fully saturated rings. The highest BCUT2D eigenvalue weighted by atomic mass is 16.4. The lowest BCUT2D eigenvalue weighted by Crippen LogP contribution is -2.52. The van der Waals surface area contributed by atoms with Crippen LogP contribution in [0.1, 0.15) is 28.4 Å². The molecule has 0 bridgehead atoms. The number of rotatable bonds is 2. The van der Waals surface area contributed by atoms with E-state index in [-0.39, 0.29) is 24.4 Å². The number of carbonyl (C=O) groups is 2. The smallest absolute Gasteiger partial charge is 0.305 e. The number of fused-ring (bicyclic) bond motifs is 3. The highest BCUT2D eigenvalue weighted by Gasteiger charge is 2.43. The first-order chi connectivity index (χ1) is 8.68. The first kappa shape index (κ1) is 11.2. The zero-order chi connectivity index (χ0) is 12.7. The van der Waals surface area contributed by atoms with Crippen molar-refractivity contribution in [1.29, 1.82) is 0 Å². The molecule has 0 spiro atoms. The van der Waals surface area contributed by atoms with E-state index in [0.717, 1.165) is 5.56 Å². The van der Waals surface area contributed by atoms with E-state index in [0.29, 0.717) is 18.7 Å². The summed E-state index contributed by atoms with van der Waals surface area (Å²) in [6.07, 6.45) is 0.0305. The van der Waals surface area contributed by atoms with Crippen LogP contribution in [0.25, 0.3) is 0 Å². The monoisotopic (exact) mass is 246 g/mol. The van der Waals surface area contributed by atoms with Crippen molar-refractivity contribution in [2.75, 3.05) is 13.1 Å². The number of carboxylic acids is 1. The van der Waals surface area contributed by atoms with Crippen LogP contribution in [0.4, 0.5) is 0 Å². The normalized spacial score (nSPS) is 25.8. The summed E-state index contributed by atoms with van der Waals surface area (Å²) in [5.41, 5.74) is 1.66. The van der Waals surface area contributed by atoms with E-state index < -0.39 is 5.97 Å². The van der Waals surface area contributed by atoms with Gasteiger partial charge in [-0.25, -0.2) is 0 Å². The van der Waals surface area contributed by atoms with Crippen molar-refractivity contribution in [2.24, 2.45) is 0 Å². The van der Waals surface area contributed by atoms with Crippen LogP contribution in [0.3, 0.4) is 0 Å². The summed E-state index contributed by atoms with van der Waals surface area (Å²) in [7, 11) is 0. The second-order valence-corrected chi connectivity index (χ2v) is 4.69. The third-order valence-corrected chi connectivity index (χ3v) is 3.64. The van der Waals surface area contributed by atoms with Gasteiger partial charge in [-0.15, -0.1) is 0 Å². The molecule has 5 heteroatoms. The molecule has 0 aromatic heterocycles.